The number of carboxylic acids is 1. The summed E-state index contributed by atoms with van der Waals surface area (Å²) in [5.74, 6) is 1.00. The van der Waals surface area contributed by atoms with E-state index in [1.54, 1.807) is 11.8 Å². The first-order chi connectivity index (χ1) is 7.21. The first-order valence-corrected chi connectivity index (χ1v) is 6.50. The Morgan fingerprint density at radius 2 is 2.47 bits per heavy atom. The van der Waals surface area contributed by atoms with Crippen molar-refractivity contribution in [1.82, 2.24) is 5.32 Å². The van der Waals surface area contributed by atoms with Crippen LogP contribution in [0.25, 0.3) is 0 Å². The summed E-state index contributed by atoms with van der Waals surface area (Å²) in [4.78, 5) is 11.2. The standard InChI is InChI=1S/C10H19NO3S/c1-2-14-6-5-11-10(9(12)13)4-3-7-15-8-10/h11H,2-8H2,1H3,(H,12,13). The molecule has 1 rings (SSSR count). The molecule has 1 unspecified atom stereocenters. The summed E-state index contributed by atoms with van der Waals surface area (Å²) in [6, 6.07) is 0. The van der Waals surface area contributed by atoms with E-state index in [1.165, 1.54) is 0 Å². The minimum atomic E-state index is -0.730. The van der Waals surface area contributed by atoms with E-state index in [2.05, 4.69) is 5.32 Å². The number of hydrogen-bond donors (Lipinski definition) is 2. The lowest BCUT2D eigenvalue weighted by Crippen LogP contribution is -2.56. The molecule has 1 aliphatic rings. The molecule has 0 saturated carbocycles. The van der Waals surface area contributed by atoms with E-state index >= 15 is 0 Å². The molecule has 1 saturated heterocycles. The molecule has 0 spiro atoms. The van der Waals surface area contributed by atoms with Gasteiger partial charge in [0.25, 0.3) is 0 Å². The van der Waals surface area contributed by atoms with E-state index in [9.17, 15) is 9.90 Å². The maximum atomic E-state index is 11.2. The molecular weight excluding hydrogens is 214 g/mol. The van der Waals surface area contributed by atoms with Crippen LogP contribution in [-0.2, 0) is 9.53 Å². The van der Waals surface area contributed by atoms with Crippen LogP contribution in [0.1, 0.15) is 19.8 Å². The SMILES string of the molecule is CCOCCNC1(C(=O)O)CCCSC1. The molecule has 1 fully saturated rings. The summed E-state index contributed by atoms with van der Waals surface area (Å²) in [7, 11) is 0. The van der Waals surface area contributed by atoms with Crippen LogP contribution in [0.2, 0.25) is 0 Å². The minimum Gasteiger partial charge on any atom is -0.480 e. The summed E-state index contributed by atoms with van der Waals surface area (Å²) in [5.41, 5.74) is -0.722. The van der Waals surface area contributed by atoms with Crippen molar-refractivity contribution in [1.29, 1.82) is 0 Å². The molecule has 0 radical (unpaired) electrons. The Morgan fingerprint density at radius 1 is 1.67 bits per heavy atom. The third kappa shape index (κ3) is 3.66. The molecule has 88 valence electrons. The largest absolute Gasteiger partial charge is 0.480 e. The second kappa shape index (κ2) is 6.35. The van der Waals surface area contributed by atoms with Crippen molar-refractivity contribution >= 4 is 17.7 Å². The molecule has 4 nitrogen and oxygen atoms in total. The molecule has 1 aliphatic heterocycles. The molecule has 0 amide bonds. The van der Waals surface area contributed by atoms with Crippen molar-refractivity contribution in [3.8, 4) is 0 Å². The fourth-order valence-corrected chi connectivity index (χ4v) is 2.90. The Bertz CT molecular complexity index is 205. The highest BCUT2D eigenvalue weighted by molar-refractivity contribution is 7.99. The zero-order valence-corrected chi connectivity index (χ0v) is 9.94. The maximum absolute atomic E-state index is 11.2. The van der Waals surface area contributed by atoms with Crippen LogP contribution in [0, 0.1) is 0 Å². The zero-order valence-electron chi connectivity index (χ0n) is 9.12. The van der Waals surface area contributed by atoms with Crippen molar-refractivity contribution in [2.75, 3.05) is 31.3 Å². The normalized spacial score (nSPS) is 26.5. The second-order valence-corrected chi connectivity index (χ2v) is 4.77. The molecule has 0 aromatic heterocycles. The molecule has 0 aromatic carbocycles. The van der Waals surface area contributed by atoms with Crippen molar-refractivity contribution in [3.63, 3.8) is 0 Å². The summed E-state index contributed by atoms with van der Waals surface area (Å²) in [6.45, 7) is 3.80. The Kier molecular flexibility index (Phi) is 5.42. The highest BCUT2D eigenvalue weighted by atomic mass is 32.2. The smallest absolute Gasteiger partial charge is 0.324 e. The van der Waals surface area contributed by atoms with Crippen LogP contribution < -0.4 is 5.32 Å². The van der Waals surface area contributed by atoms with E-state index in [1.807, 2.05) is 6.92 Å². The average Bonchev–Trinajstić information content (AvgIpc) is 2.26. The van der Waals surface area contributed by atoms with E-state index < -0.39 is 11.5 Å². The fourth-order valence-electron chi connectivity index (χ4n) is 1.69. The van der Waals surface area contributed by atoms with Gasteiger partial charge < -0.3 is 9.84 Å². The number of nitrogens with one attached hydrogen (secondary N) is 1. The van der Waals surface area contributed by atoms with Gasteiger partial charge in [0.05, 0.1) is 6.61 Å². The lowest BCUT2D eigenvalue weighted by molar-refractivity contribution is -0.144. The average molecular weight is 233 g/mol. The van der Waals surface area contributed by atoms with Gasteiger partial charge in [0.2, 0.25) is 0 Å². The molecule has 0 bridgehead atoms. The van der Waals surface area contributed by atoms with E-state index in [0.717, 1.165) is 18.6 Å². The van der Waals surface area contributed by atoms with Crippen molar-refractivity contribution in [2.45, 2.75) is 25.3 Å². The number of thioether (sulfide) groups is 1. The van der Waals surface area contributed by atoms with Crippen LogP contribution >= 0.6 is 11.8 Å². The molecule has 5 heteroatoms. The number of hydrogen-bond acceptors (Lipinski definition) is 4. The van der Waals surface area contributed by atoms with Crippen molar-refractivity contribution in [2.24, 2.45) is 0 Å². The molecule has 0 aliphatic carbocycles. The molecule has 0 aromatic rings. The Balaban J connectivity index is 2.39. The third-order valence-corrected chi connectivity index (χ3v) is 3.84. The van der Waals surface area contributed by atoms with Crippen molar-refractivity contribution < 1.29 is 14.6 Å². The quantitative estimate of drug-likeness (QED) is 0.669. The fraction of sp³-hybridized carbons (Fsp3) is 0.900. The molecular formula is C10H19NO3S. The highest BCUT2D eigenvalue weighted by Crippen LogP contribution is 2.26. The Hall–Kier alpha value is -0.260. The van der Waals surface area contributed by atoms with Crippen molar-refractivity contribution in [3.05, 3.63) is 0 Å². The van der Waals surface area contributed by atoms with Gasteiger partial charge in [0.1, 0.15) is 5.54 Å². The summed E-state index contributed by atoms with van der Waals surface area (Å²) < 4.78 is 5.19. The van der Waals surface area contributed by atoms with Gasteiger partial charge in [-0.05, 0) is 25.5 Å². The lowest BCUT2D eigenvalue weighted by atomic mass is 9.95. The third-order valence-electron chi connectivity index (χ3n) is 2.56. The minimum absolute atomic E-state index is 0.580. The Labute approximate surface area is 94.8 Å². The number of rotatable bonds is 6. The number of carboxylic acid groups (broad SMARTS) is 1. The van der Waals surface area contributed by atoms with Gasteiger partial charge >= 0.3 is 5.97 Å². The van der Waals surface area contributed by atoms with Gasteiger partial charge in [-0.1, -0.05) is 0 Å². The monoisotopic (exact) mass is 233 g/mol. The van der Waals surface area contributed by atoms with Gasteiger partial charge in [-0.15, -0.1) is 0 Å². The van der Waals surface area contributed by atoms with Crippen LogP contribution in [0.3, 0.4) is 0 Å². The van der Waals surface area contributed by atoms with E-state index in [0.29, 0.717) is 25.5 Å². The molecule has 2 N–H and O–H groups in total. The Morgan fingerprint density at radius 3 is 3.00 bits per heavy atom. The zero-order chi connectivity index (χ0) is 11.1. The maximum Gasteiger partial charge on any atom is 0.324 e. The number of aliphatic carboxylic acids is 1. The predicted molar refractivity (Wildman–Crippen MR) is 61.4 cm³/mol. The van der Waals surface area contributed by atoms with Crippen LogP contribution in [0.5, 0.6) is 0 Å². The van der Waals surface area contributed by atoms with Crippen LogP contribution in [-0.4, -0.2) is 47.9 Å². The molecule has 15 heavy (non-hydrogen) atoms. The van der Waals surface area contributed by atoms with E-state index in [4.69, 9.17) is 4.74 Å². The highest BCUT2D eigenvalue weighted by Gasteiger charge is 2.39. The first-order valence-electron chi connectivity index (χ1n) is 5.35. The lowest BCUT2D eigenvalue weighted by Gasteiger charge is -2.33. The summed E-state index contributed by atoms with van der Waals surface area (Å²) >= 11 is 1.71. The van der Waals surface area contributed by atoms with E-state index in [-0.39, 0.29) is 0 Å². The number of ether oxygens (including phenoxy) is 1. The number of carbonyl (C=O) groups is 1. The van der Waals surface area contributed by atoms with Crippen LogP contribution in [0.4, 0.5) is 0 Å². The van der Waals surface area contributed by atoms with Gasteiger partial charge in [0.15, 0.2) is 0 Å². The van der Waals surface area contributed by atoms with Gasteiger partial charge in [-0.2, -0.15) is 11.8 Å². The topological polar surface area (TPSA) is 58.6 Å². The summed E-state index contributed by atoms with van der Waals surface area (Å²) in [6.07, 6.45) is 1.69. The summed E-state index contributed by atoms with van der Waals surface area (Å²) in [5, 5.41) is 12.4. The molecule has 1 atom stereocenters. The van der Waals surface area contributed by atoms with Crippen LogP contribution in [0.15, 0.2) is 0 Å². The molecule has 1 heterocycles. The van der Waals surface area contributed by atoms with Gasteiger partial charge in [-0.25, -0.2) is 0 Å². The first kappa shape index (κ1) is 12.8. The van der Waals surface area contributed by atoms with Gasteiger partial charge in [0, 0.05) is 18.9 Å². The van der Waals surface area contributed by atoms with Gasteiger partial charge in [-0.3, -0.25) is 10.1 Å². The predicted octanol–water partition coefficient (Wildman–Crippen LogP) is 0.963. The second-order valence-electron chi connectivity index (χ2n) is 3.67.